The SMILES string of the molecule is CCCCNC(=O)[C@H](Cc1ccccc1)N(Cc1ccc(Br)cc1)C(=O)CCCN(c1ccc(OC)c(Cl)c1)S(C)(=O)=O. The third-order valence-electron chi connectivity index (χ3n) is 6.94. The van der Waals surface area contributed by atoms with Gasteiger partial charge in [-0.25, -0.2) is 8.42 Å². The van der Waals surface area contributed by atoms with E-state index in [1.165, 1.54) is 17.5 Å². The summed E-state index contributed by atoms with van der Waals surface area (Å²) in [7, 11) is -2.19. The molecule has 3 aromatic carbocycles. The Morgan fingerprint density at radius 3 is 2.30 bits per heavy atom. The highest BCUT2D eigenvalue weighted by Crippen LogP contribution is 2.30. The van der Waals surface area contributed by atoms with Crippen molar-refractivity contribution in [2.24, 2.45) is 0 Å². The molecule has 0 fully saturated rings. The first kappa shape index (κ1) is 34.4. The number of carbonyl (C=O) groups excluding carboxylic acids is 2. The third-order valence-corrected chi connectivity index (χ3v) is 8.96. The zero-order valence-corrected chi connectivity index (χ0v) is 27.9. The fourth-order valence-corrected chi connectivity index (χ4v) is 6.13. The lowest BCUT2D eigenvalue weighted by atomic mass is 10.0. The van der Waals surface area contributed by atoms with Crippen molar-refractivity contribution in [3.63, 3.8) is 0 Å². The van der Waals surface area contributed by atoms with E-state index >= 15 is 0 Å². The van der Waals surface area contributed by atoms with E-state index in [0.29, 0.717) is 24.4 Å². The Bertz CT molecular complexity index is 1460. The molecule has 0 saturated carbocycles. The number of benzene rings is 3. The number of hydrogen-bond donors (Lipinski definition) is 1. The van der Waals surface area contributed by atoms with Crippen LogP contribution in [-0.2, 0) is 32.6 Å². The van der Waals surface area contributed by atoms with Gasteiger partial charge in [0.05, 0.1) is 24.1 Å². The van der Waals surface area contributed by atoms with Gasteiger partial charge in [-0.3, -0.25) is 13.9 Å². The maximum absolute atomic E-state index is 13.9. The molecule has 0 aromatic heterocycles. The van der Waals surface area contributed by atoms with Gasteiger partial charge >= 0.3 is 0 Å². The second-order valence-electron chi connectivity index (χ2n) is 10.3. The molecule has 43 heavy (non-hydrogen) atoms. The standard InChI is InChI=1S/C32H39BrClN3O5S/c1-4-5-19-35-32(39)29(21-24-10-7-6-8-11-24)36(23-25-13-15-26(33)16-14-25)31(38)12-9-20-37(43(3,40)41)27-17-18-30(42-2)28(34)22-27/h6-8,10-11,13-18,22,29H,4-5,9,12,19-21,23H2,1-3H3,(H,35,39)/t29-/m0/s1. The number of unbranched alkanes of at least 4 members (excludes halogenated alkanes) is 1. The second kappa shape index (κ2) is 16.7. The van der Waals surface area contributed by atoms with Crippen molar-refractivity contribution in [1.82, 2.24) is 10.2 Å². The summed E-state index contributed by atoms with van der Waals surface area (Å²) >= 11 is 9.72. The fourth-order valence-electron chi connectivity index (χ4n) is 4.66. The summed E-state index contributed by atoms with van der Waals surface area (Å²) in [6.07, 6.45) is 3.51. The Hall–Kier alpha value is -3.08. The van der Waals surface area contributed by atoms with Crippen molar-refractivity contribution in [3.05, 3.63) is 93.4 Å². The van der Waals surface area contributed by atoms with Gasteiger partial charge in [0.25, 0.3) is 0 Å². The van der Waals surface area contributed by atoms with E-state index in [1.807, 2.05) is 54.6 Å². The van der Waals surface area contributed by atoms with Crippen molar-refractivity contribution in [2.45, 2.75) is 51.6 Å². The van der Waals surface area contributed by atoms with Crippen LogP contribution in [0.5, 0.6) is 5.75 Å². The van der Waals surface area contributed by atoms with Crippen LogP contribution in [0.4, 0.5) is 5.69 Å². The minimum Gasteiger partial charge on any atom is -0.495 e. The summed E-state index contributed by atoms with van der Waals surface area (Å²) in [4.78, 5) is 29.1. The van der Waals surface area contributed by atoms with Gasteiger partial charge < -0.3 is 15.0 Å². The number of amides is 2. The predicted molar refractivity (Wildman–Crippen MR) is 176 cm³/mol. The van der Waals surface area contributed by atoms with Crippen LogP contribution in [0.1, 0.15) is 43.7 Å². The lowest BCUT2D eigenvalue weighted by molar-refractivity contribution is -0.141. The van der Waals surface area contributed by atoms with Gasteiger partial charge in [-0.2, -0.15) is 0 Å². The van der Waals surface area contributed by atoms with Crippen LogP contribution in [0, 0.1) is 0 Å². The first-order chi connectivity index (χ1) is 20.5. The molecule has 1 N–H and O–H groups in total. The molecule has 0 aliphatic rings. The van der Waals surface area contributed by atoms with Crippen molar-refractivity contribution in [3.8, 4) is 5.75 Å². The van der Waals surface area contributed by atoms with E-state index < -0.39 is 16.1 Å². The lowest BCUT2D eigenvalue weighted by Crippen LogP contribution is -2.50. The third kappa shape index (κ3) is 10.5. The van der Waals surface area contributed by atoms with E-state index in [4.69, 9.17) is 16.3 Å². The Kier molecular flexibility index (Phi) is 13.3. The molecule has 0 radical (unpaired) electrons. The molecule has 8 nitrogen and oxygen atoms in total. The smallest absolute Gasteiger partial charge is 0.243 e. The fraction of sp³-hybridized carbons (Fsp3) is 0.375. The van der Waals surface area contributed by atoms with Crippen LogP contribution >= 0.6 is 27.5 Å². The molecule has 3 rings (SSSR count). The molecule has 0 saturated heterocycles. The highest BCUT2D eigenvalue weighted by Gasteiger charge is 2.30. The number of ether oxygens (including phenoxy) is 1. The van der Waals surface area contributed by atoms with Crippen molar-refractivity contribution in [1.29, 1.82) is 0 Å². The molecule has 0 aliphatic heterocycles. The average molecular weight is 693 g/mol. The van der Waals surface area contributed by atoms with Crippen LogP contribution in [0.25, 0.3) is 0 Å². The molecule has 0 unspecified atom stereocenters. The molecule has 0 heterocycles. The minimum absolute atomic E-state index is 0.0416. The Morgan fingerprint density at radius 2 is 1.70 bits per heavy atom. The first-order valence-corrected chi connectivity index (χ1v) is 17.2. The molecule has 0 bridgehead atoms. The Balaban J connectivity index is 1.87. The van der Waals surface area contributed by atoms with E-state index in [0.717, 1.165) is 34.7 Å². The van der Waals surface area contributed by atoms with Gasteiger partial charge in [-0.1, -0.05) is 83.3 Å². The highest BCUT2D eigenvalue weighted by atomic mass is 79.9. The van der Waals surface area contributed by atoms with Crippen LogP contribution in [0.3, 0.4) is 0 Å². The van der Waals surface area contributed by atoms with Gasteiger partial charge in [-0.15, -0.1) is 0 Å². The van der Waals surface area contributed by atoms with Gasteiger partial charge in [0, 0.05) is 36.9 Å². The molecular weight excluding hydrogens is 654 g/mol. The van der Waals surface area contributed by atoms with Gasteiger partial charge in [0.2, 0.25) is 21.8 Å². The van der Waals surface area contributed by atoms with Crippen molar-refractivity contribution in [2.75, 3.05) is 30.8 Å². The minimum atomic E-state index is -3.67. The first-order valence-electron chi connectivity index (χ1n) is 14.2. The molecule has 0 aliphatic carbocycles. The molecule has 11 heteroatoms. The number of halogens is 2. The molecule has 2 amide bonds. The number of carbonyl (C=O) groups is 2. The molecule has 3 aromatic rings. The van der Waals surface area contributed by atoms with Crippen LogP contribution < -0.4 is 14.4 Å². The lowest BCUT2D eigenvalue weighted by Gasteiger charge is -2.32. The van der Waals surface area contributed by atoms with E-state index in [1.54, 1.807) is 17.0 Å². The van der Waals surface area contributed by atoms with E-state index in [9.17, 15) is 18.0 Å². The maximum atomic E-state index is 13.9. The number of methoxy groups -OCH3 is 1. The van der Waals surface area contributed by atoms with Crippen LogP contribution in [0.15, 0.2) is 77.3 Å². The monoisotopic (exact) mass is 691 g/mol. The summed E-state index contributed by atoms with van der Waals surface area (Å²) in [6.45, 7) is 2.87. The largest absolute Gasteiger partial charge is 0.495 e. The quantitative estimate of drug-likeness (QED) is 0.180. The maximum Gasteiger partial charge on any atom is 0.243 e. The average Bonchev–Trinajstić information content (AvgIpc) is 2.98. The van der Waals surface area contributed by atoms with Gasteiger partial charge in [0.1, 0.15) is 11.8 Å². The topological polar surface area (TPSA) is 96.0 Å². The van der Waals surface area contributed by atoms with E-state index in [2.05, 4.69) is 28.2 Å². The van der Waals surface area contributed by atoms with Crippen molar-refractivity contribution >= 4 is 55.1 Å². The van der Waals surface area contributed by atoms with Crippen LogP contribution in [-0.4, -0.2) is 57.6 Å². The Labute approximate surface area is 268 Å². The number of nitrogens with zero attached hydrogens (tertiary/aromatic N) is 2. The number of nitrogens with one attached hydrogen (secondary N) is 1. The molecule has 0 spiro atoms. The summed E-state index contributed by atoms with van der Waals surface area (Å²) in [5, 5.41) is 3.29. The number of rotatable bonds is 16. The van der Waals surface area contributed by atoms with Gasteiger partial charge in [0.15, 0.2) is 0 Å². The molecular formula is C32H39BrClN3O5S. The Morgan fingerprint density at radius 1 is 1.00 bits per heavy atom. The number of sulfonamides is 1. The molecule has 232 valence electrons. The highest BCUT2D eigenvalue weighted by molar-refractivity contribution is 9.10. The zero-order valence-electron chi connectivity index (χ0n) is 24.8. The zero-order chi connectivity index (χ0) is 31.4. The number of hydrogen-bond acceptors (Lipinski definition) is 5. The second-order valence-corrected chi connectivity index (χ2v) is 13.5. The summed E-state index contributed by atoms with van der Waals surface area (Å²) in [5.74, 6) is -0.0246. The van der Waals surface area contributed by atoms with E-state index in [-0.39, 0.29) is 42.8 Å². The van der Waals surface area contributed by atoms with Crippen LogP contribution in [0.2, 0.25) is 5.02 Å². The normalized spacial score (nSPS) is 11.9. The number of anilines is 1. The summed E-state index contributed by atoms with van der Waals surface area (Å²) in [5.41, 5.74) is 2.19. The predicted octanol–water partition coefficient (Wildman–Crippen LogP) is 6.21. The summed E-state index contributed by atoms with van der Waals surface area (Å²) in [6, 6.07) is 21.2. The van der Waals surface area contributed by atoms with Crippen molar-refractivity contribution < 1.29 is 22.7 Å². The van der Waals surface area contributed by atoms with Gasteiger partial charge in [-0.05, 0) is 54.3 Å². The molecule has 1 atom stereocenters. The summed E-state index contributed by atoms with van der Waals surface area (Å²) < 4.78 is 32.7.